The lowest BCUT2D eigenvalue weighted by Crippen LogP contribution is -2.29. The fraction of sp³-hybridized carbons (Fsp3) is 0.520. The van der Waals surface area contributed by atoms with E-state index in [0.29, 0.717) is 56.3 Å². The highest BCUT2D eigenvalue weighted by atomic mass is 32.2. The van der Waals surface area contributed by atoms with E-state index in [4.69, 9.17) is 20.1 Å². The number of para-hydroxylation sites is 1. The number of nitrogens with one attached hydrogen (secondary N) is 2. The van der Waals surface area contributed by atoms with Crippen molar-refractivity contribution in [3.8, 4) is 11.5 Å². The van der Waals surface area contributed by atoms with Gasteiger partial charge in [0.25, 0.3) is 0 Å². The summed E-state index contributed by atoms with van der Waals surface area (Å²) in [6, 6.07) is 12.2. The van der Waals surface area contributed by atoms with Crippen LogP contribution in [-0.2, 0) is 16.6 Å². The minimum atomic E-state index is -4.07. The van der Waals surface area contributed by atoms with E-state index >= 15 is 0 Å². The zero-order chi connectivity index (χ0) is 27.5. The Morgan fingerprint density at radius 1 is 0.919 bits per heavy atom. The molecular formula is C25H42N4O7S. The maximum atomic E-state index is 12.4. The lowest BCUT2D eigenvalue weighted by Gasteiger charge is -2.22. The molecular weight excluding hydrogens is 500 g/mol. The quantitative estimate of drug-likeness (QED) is 0.141. The minimum Gasteiger partial charge on any atom is -0.454 e. The smallest absolute Gasteiger partial charge is 0.241 e. The Labute approximate surface area is 219 Å². The van der Waals surface area contributed by atoms with Crippen LogP contribution < -0.4 is 20.5 Å². The topological polar surface area (TPSA) is 178 Å². The Hall–Kier alpha value is -2.29. The van der Waals surface area contributed by atoms with Crippen molar-refractivity contribution in [3.63, 3.8) is 0 Å². The Bertz CT molecular complexity index is 969. The van der Waals surface area contributed by atoms with Gasteiger partial charge in [0.2, 0.25) is 10.0 Å². The number of aliphatic hydroxyl groups excluding tert-OH is 4. The second-order valence-electron chi connectivity index (χ2n) is 8.13. The zero-order valence-corrected chi connectivity index (χ0v) is 22.3. The van der Waals surface area contributed by atoms with E-state index < -0.39 is 10.0 Å². The van der Waals surface area contributed by atoms with Crippen LogP contribution in [0.5, 0.6) is 11.5 Å². The third-order valence-corrected chi connectivity index (χ3v) is 5.96. The summed E-state index contributed by atoms with van der Waals surface area (Å²) in [4.78, 5) is 1.71. The molecule has 0 unspecified atom stereocenters. The summed E-state index contributed by atoms with van der Waals surface area (Å²) in [5, 5.41) is 46.4. The first kappa shape index (κ1) is 32.7. The lowest BCUT2D eigenvalue weighted by atomic mass is 10.1. The second kappa shape index (κ2) is 18.9. The number of anilines is 1. The third kappa shape index (κ3) is 13.2. The molecule has 0 aromatic heterocycles. The maximum Gasteiger partial charge on any atom is 0.241 e. The summed E-state index contributed by atoms with van der Waals surface area (Å²) >= 11 is 0. The molecule has 0 saturated heterocycles. The largest absolute Gasteiger partial charge is 0.454 e. The van der Waals surface area contributed by atoms with Crippen molar-refractivity contribution in [1.29, 1.82) is 0 Å². The van der Waals surface area contributed by atoms with Gasteiger partial charge in [0.15, 0.2) is 5.75 Å². The van der Waals surface area contributed by atoms with Gasteiger partial charge in [-0.05, 0) is 36.2 Å². The minimum absolute atomic E-state index is 0.0706. The number of sulfonamides is 1. The highest BCUT2D eigenvalue weighted by molar-refractivity contribution is 7.89. The molecule has 8 N–H and O–H groups in total. The number of rotatable bonds is 17. The third-order valence-electron chi connectivity index (χ3n) is 5.05. The Morgan fingerprint density at radius 3 is 2.05 bits per heavy atom. The van der Waals surface area contributed by atoms with E-state index in [-0.39, 0.29) is 37.1 Å². The van der Waals surface area contributed by atoms with Gasteiger partial charge in [-0.1, -0.05) is 31.5 Å². The highest BCUT2D eigenvalue weighted by Crippen LogP contribution is 2.37. The molecule has 0 bridgehead atoms. The fourth-order valence-corrected chi connectivity index (χ4v) is 4.02. The molecule has 0 aliphatic rings. The first-order chi connectivity index (χ1) is 17.8. The van der Waals surface area contributed by atoms with E-state index in [1.165, 1.54) is 6.07 Å². The van der Waals surface area contributed by atoms with Gasteiger partial charge in [-0.25, -0.2) is 13.6 Å². The van der Waals surface area contributed by atoms with Crippen LogP contribution >= 0.6 is 0 Å². The fourth-order valence-electron chi connectivity index (χ4n) is 3.30. The summed E-state index contributed by atoms with van der Waals surface area (Å²) in [6.07, 6.45) is 1.88. The normalized spacial score (nSPS) is 11.2. The molecule has 2 aromatic rings. The predicted molar refractivity (Wildman–Crippen MR) is 144 cm³/mol. The van der Waals surface area contributed by atoms with Crippen molar-refractivity contribution in [3.05, 3.63) is 48.0 Å². The Kier molecular flexibility index (Phi) is 16.7. The summed E-state index contributed by atoms with van der Waals surface area (Å²) in [5.74, 6) is 0.648. The first-order valence-corrected chi connectivity index (χ1v) is 13.9. The highest BCUT2D eigenvalue weighted by Gasteiger charge is 2.22. The van der Waals surface area contributed by atoms with E-state index in [2.05, 4.69) is 17.6 Å². The van der Waals surface area contributed by atoms with Crippen LogP contribution in [0.25, 0.3) is 0 Å². The number of benzene rings is 2. The van der Waals surface area contributed by atoms with Crippen LogP contribution in [0.4, 0.5) is 5.69 Å². The van der Waals surface area contributed by atoms with Gasteiger partial charge in [-0.2, -0.15) is 0 Å². The molecule has 12 heteroatoms. The molecule has 37 heavy (non-hydrogen) atoms. The van der Waals surface area contributed by atoms with Gasteiger partial charge in [0.1, 0.15) is 10.6 Å². The molecule has 0 aliphatic carbocycles. The maximum absolute atomic E-state index is 12.4. The van der Waals surface area contributed by atoms with Crippen molar-refractivity contribution >= 4 is 15.7 Å². The molecule has 11 nitrogen and oxygen atoms in total. The van der Waals surface area contributed by atoms with E-state index in [1.807, 2.05) is 17.0 Å². The Morgan fingerprint density at radius 2 is 1.54 bits per heavy atom. The molecule has 0 heterocycles. The van der Waals surface area contributed by atoms with Crippen molar-refractivity contribution in [1.82, 2.24) is 10.2 Å². The van der Waals surface area contributed by atoms with Gasteiger partial charge in [-0.15, -0.1) is 0 Å². The molecule has 0 radical (unpaired) electrons. The molecule has 0 aliphatic heterocycles. The van der Waals surface area contributed by atoms with Crippen LogP contribution in [0, 0.1) is 0 Å². The Balaban J connectivity index is 0.000000856. The van der Waals surface area contributed by atoms with Gasteiger partial charge >= 0.3 is 0 Å². The monoisotopic (exact) mass is 542 g/mol. The molecule has 0 atom stereocenters. The van der Waals surface area contributed by atoms with Gasteiger partial charge < -0.3 is 35.8 Å². The number of nitrogens with zero attached hydrogens (tertiary/aromatic N) is 1. The summed E-state index contributed by atoms with van der Waals surface area (Å²) in [5.41, 5.74) is 1.21. The average molecular weight is 543 g/mol. The van der Waals surface area contributed by atoms with Crippen LogP contribution in [0.1, 0.15) is 25.3 Å². The molecule has 210 valence electrons. The predicted octanol–water partition coefficient (Wildman–Crippen LogP) is 0.686. The summed E-state index contributed by atoms with van der Waals surface area (Å²) in [6.45, 7) is 5.04. The SMILES string of the molecule is CCCCNc1cc(CN(CCO)CCO)cc(S(N)(=O)=O)c1Oc1ccccc1.OCCNCCO. The van der Waals surface area contributed by atoms with Crippen molar-refractivity contribution in [2.45, 2.75) is 31.2 Å². The van der Waals surface area contributed by atoms with Crippen LogP contribution in [0.2, 0.25) is 0 Å². The van der Waals surface area contributed by atoms with E-state index in [9.17, 15) is 18.6 Å². The number of unbranched alkanes of at least 4 members (excludes halogenated alkanes) is 1. The zero-order valence-electron chi connectivity index (χ0n) is 21.5. The van der Waals surface area contributed by atoms with Crippen LogP contribution in [0.15, 0.2) is 47.4 Å². The molecule has 2 rings (SSSR count). The standard InChI is InChI=1S/C21H31N3O5S.C4H11NO2/c1-2-3-9-23-19-14-17(16-24(10-12-25)11-13-26)15-20(30(22,27)28)21(19)29-18-7-5-4-6-8-18;6-3-1-5-2-4-7/h4-8,14-15,23,25-26H,2-3,9-13,16H2,1H3,(H2,22,27,28);5-7H,1-4H2. The first-order valence-electron chi connectivity index (χ1n) is 12.3. The van der Waals surface area contributed by atoms with Gasteiger partial charge in [0, 0.05) is 39.3 Å². The molecule has 0 spiro atoms. The van der Waals surface area contributed by atoms with Crippen LogP contribution in [-0.4, -0.2) is 92.9 Å². The number of hydrogen-bond donors (Lipinski definition) is 7. The molecule has 0 fully saturated rings. The van der Waals surface area contributed by atoms with E-state index in [1.54, 1.807) is 24.3 Å². The van der Waals surface area contributed by atoms with Crippen molar-refractivity contribution in [2.75, 3.05) is 64.5 Å². The second-order valence-corrected chi connectivity index (χ2v) is 9.66. The molecule has 2 aromatic carbocycles. The number of ether oxygens (including phenoxy) is 1. The van der Waals surface area contributed by atoms with Gasteiger partial charge in [-0.3, -0.25) is 4.90 Å². The molecule has 0 amide bonds. The lowest BCUT2D eigenvalue weighted by molar-refractivity contribution is 0.156. The molecule has 0 saturated carbocycles. The number of hydrogen-bond acceptors (Lipinski definition) is 10. The number of primary sulfonamides is 1. The van der Waals surface area contributed by atoms with E-state index in [0.717, 1.165) is 12.8 Å². The van der Waals surface area contributed by atoms with Crippen LogP contribution in [0.3, 0.4) is 0 Å². The summed E-state index contributed by atoms with van der Waals surface area (Å²) < 4.78 is 30.7. The number of nitrogens with two attached hydrogens (primary N) is 1. The van der Waals surface area contributed by atoms with Gasteiger partial charge in [0.05, 0.1) is 32.1 Å². The van der Waals surface area contributed by atoms with Crippen molar-refractivity contribution in [2.24, 2.45) is 5.14 Å². The summed E-state index contributed by atoms with van der Waals surface area (Å²) in [7, 11) is -4.07. The van der Waals surface area contributed by atoms with Crippen molar-refractivity contribution < 1.29 is 33.6 Å². The number of aliphatic hydroxyl groups is 4. The average Bonchev–Trinajstić information content (AvgIpc) is 2.86.